The third-order valence-corrected chi connectivity index (χ3v) is 12.7. The van der Waals surface area contributed by atoms with Crippen LogP contribution in [0.1, 0.15) is 44.5 Å². The summed E-state index contributed by atoms with van der Waals surface area (Å²) in [6.07, 6.45) is 13.5. The predicted octanol–water partition coefficient (Wildman–Crippen LogP) is 12.2. The van der Waals surface area contributed by atoms with Crippen LogP contribution in [0, 0.1) is 0 Å². The van der Waals surface area contributed by atoms with Crippen molar-refractivity contribution >= 4 is 106 Å². The lowest BCUT2D eigenvalue weighted by Gasteiger charge is -2.07. The number of benzene rings is 6. The Hall–Kier alpha value is -9.99. The molecule has 3 amide bonds. The molecule has 1 saturated heterocycles. The second-order valence-corrected chi connectivity index (χ2v) is 17.7. The highest BCUT2D eigenvalue weighted by atomic mass is 16.5. The molecule has 0 saturated carbocycles. The Morgan fingerprint density at radius 3 is 1.68 bits per heavy atom. The number of carbonyl (C=O) groups excluding carboxylic acids is 5. The maximum absolute atomic E-state index is 12.6. The van der Waals surface area contributed by atoms with Crippen molar-refractivity contribution < 1.29 is 34.9 Å². The molecule has 7 N–H and O–H groups in total. The van der Waals surface area contributed by atoms with E-state index in [0.717, 1.165) is 62.4 Å². The molecule has 8 heterocycles. The van der Waals surface area contributed by atoms with Gasteiger partial charge in [-0.05, 0) is 102 Å². The van der Waals surface area contributed by atoms with Crippen molar-refractivity contribution in [1.29, 1.82) is 0 Å². The average molecular weight is 1040 g/mol. The summed E-state index contributed by atoms with van der Waals surface area (Å²) in [4.78, 5) is 70.7. The van der Waals surface area contributed by atoms with Gasteiger partial charge in [-0.1, -0.05) is 117 Å². The summed E-state index contributed by atoms with van der Waals surface area (Å²) in [7, 11) is 0. The number of esters is 1. The number of hydrogen-bond donors (Lipinski definition) is 6. The molecule has 0 unspecified atom stereocenters. The summed E-state index contributed by atoms with van der Waals surface area (Å²) >= 11 is 0. The zero-order valence-electron chi connectivity index (χ0n) is 42.2. The Bertz CT molecular complexity index is 3810. The topological polar surface area (TPSA) is 215 Å². The van der Waals surface area contributed by atoms with Gasteiger partial charge in [-0.3, -0.25) is 29.3 Å². The molecule has 2 aliphatic rings. The average Bonchev–Trinajstić information content (AvgIpc) is 4.41. The molecule has 1 fully saturated rings. The third-order valence-electron chi connectivity index (χ3n) is 12.7. The Labute approximate surface area is 451 Å². The van der Waals surface area contributed by atoms with E-state index in [1.807, 2.05) is 158 Å². The van der Waals surface area contributed by atoms with Gasteiger partial charge in [0.2, 0.25) is 0 Å². The molecule has 2 aliphatic heterocycles. The molecule has 15 nitrogen and oxygen atoms in total. The number of imide groups is 1. The lowest BCUT2D eigenvalue weighted by molar-refractivity contribution is -0.143. The molecular formula is C63H62N8O7. The van der Waals surface area contributed by atoms with E-state index < -0.39 is 11.7 Å². The van der Waals surface area contributed by atoms with Gasteiger partial charge in [-0.2, -0.15) is 0 Å². The lowest BCUT2D eigenvalue weighted by atomic mass is 10.0. The molecule has 0 spiro atoms. The first kappa shape index (κ1) is 54.3. The maximum atomic E-state index is 12.6. The monoisotopic (exact) mass is 1040 g/mol. The van der Waals surface area contributed by atoms with Crippen molar-refractivity contribution in [2.75, 3.05) is 19.8 Å². The highest BCUT2D eigenvalue weighted by molar-refractivity contribution is 6.48. The molecule has 15 heteroatoms. The second kappa shape index (κ2) is 26.0. The van der Waals surface area contributed by atoms with Gasteiger partial charge < -0.3 is 44.3 Å². The number of carbonyl (C=O) groups is 5. The number of primary amides is 1. The Morgan fingerprint density at radius 2 is 1.09 bits per heavy atom. The predicted molar refractivity (Wildman–Crippen MR) is 312 cm³/mol. The standard InChI is InChI=1S/C20H13N3O2.C12H13NO2.C10H8N2O2.2C8H7N.C4H8O.CH4.H2/c24-19-17(14-11-21-15-7-3-2-6-13(14)15)18(20(25)22-19)23-10-9-12-5-1-4-8-16(12)23;1-2-15-12(14)9-13-8-7-10-5-3-4-6-11(10)13;11-10(14)9(13)7-5-12-8-4-2-1-3-6(7)8;2*1-2-4-8-7(3-1)5-6-9-8;1-2-4-5-3-1;;/h1-11,21H,(H,22,24,25);3-8H,2,9H2,1H3;1-5,12H,(H2,11,14);2*1-6,9H;1-4H2;1H4;1H/i;;;;;;;1+1. The number of ether oxygens (including phenoxy) is 2. The quantitative estimate of drug-likeness (QED) is 0.0393. The minimum absolute atomic E-state index is 0. The van der Waals surface area contributed by atoms with Gasteiger partial charge in [0.1, 0.15) is 12.2 Å². The Balaban J connectivity index is 0.000000146. The highest BCUT2D eigenvalue weighted by Crippen LogP contribution is 2.34. The molecule has 78 heavy (non-hydrogen) atoms. The zero-order chi connectivity index (χ0) is 53.5. The fourth-order valence-electron chi connectivity index (χ4n) is 9.00. The van der Waals surface area contributed by atoms with Crippen molar-refractivity contribution in [3.05, 3.63) is 218 Å². The van der Waals surface area contributed by atoms with Crippen molar-refractivity contribution in [3.63, 3.8) is 0 Å². The Morgan fingerprint density at radius 1 is 0.577 bits per heavy atom. The first-order valence-electron chi connectivity index (χ1n) is 25.1. The molecule has 14 rings (SSSR count). The number of ketones is 1. The van der Waals surface area contributed by atoms with Crippen LogP contribution >= 0.6 is 0 Å². The van der Waals surface area contributed by atoms with Gasteiger partial charge >= 0.3 is 5.97 Å². The first-order valence-corrected chi connectivity index (χ1v) is 25.1. The number of nitrogens with one attached hydrogen (secondary N) is 5. The summed E-state index contributed by atoms with van der Waals surface area (Å²) in [5.74, 6) is -2.55. The number of hydrogen-bond acceptors (Lipinski definition) is 7. The molecule has 0 aliphatic carbocycles. The third kappa shape index (κ3) is 12.7. The molecule has 0 atom stereocenters. The molecule has 396 valence electrons. The molecular weight excluding hydrogens is 981 g/mol. The van der Waals surface area contributed by atoms with Crippen LogP contribution < -0.4 is 11.1 Å². The molecule has 12 aromatic rings. The number of nitrogens with zero attached hydrogens (tertiary/aromatic N) is 2. The minimum atomic E-state index is -0.935. The minimum Gasteiger partial charge on any atom is -0.465 e. The molecule has 6 aromatic heterocycles. The molecule has 0 radical (unpaired) electrons. The van der Waals surface area contributed by atoms with Crippen LogP contribution in [-0.4, -0.2) is 78.4 Å². The number of para-hydroxylation sites is 6. The van der Waals surface area contributed by atoms with Crippen LogP contribution in [0.4, 0.5) is 0 Å². The lowest BCUT2D eigenvalue weighted by Crippen LogP contribution is -2.23. The summed E-state index contributed by atoms with van der Waals surface area (Å²) in [6, 6.07) is 55.2. The van der Waals surface area contributed by atoms with Gasteiger partial charge in [0.05, 0.1) is 23.3 Å². The maximum Gasteiger partial charge on any atom is 0.325 e. The van der Waals surface area contributed by atoms with Crippen LogP contribution in [0.5, 0.6) is 0 Å². The summed E-state index contributed by atoms with van der Waals surface area (Å²) in [6.45, 7) is 4.52. The normalized spacial score (nSPS) is 12.5. The number of nitrogens with two attached hydrogens (primary N) is 1. The highest BCUT2D eigenvalue weighted by Gasteiger charge is 2.34. The Kier molecular flexibility index (Phi) is 18.1. The fourth-order valence-corrected chi connectivity index (χ4v) is 9.00. The smallest absolute Gasteiger partial charge is 0.325 e. The van der Waals surface area contributed by atoms with E-state index in [-0.39, 0.29) is 33.2 Å². The number of Topliss-reactive ketones (excluding diaryl/α,β-unsaturated/α-hetero) is 1. The second-order valence-electron chi connectivity index (χ2n) is 17.7. The number of aromatic nitrogens is 6. The van der Waals surface area contributed by atoms with Gasteiger partial charge in [0.25, 0.3) is 23.5 Å². The van der Waals surface area contributed by atoms with Crippen molar-refractivity contribution in [2.24, 2.45) is 5.73 Å². The first-order chi connectivity index (χ1) is 37.7. The fraction of sp³-hybridized carbons (Fsp3) is 0.127. The van der Waals surface area contributed by atoms with Crippen LogP contribution in [0.15, 0.2) is 207 Å². The van der Waals surface area contributed by atoms with Gasteiger partial charge in [-0.15, -0.1) is 0 Å². The molecule has 0 bridgehead atoms. The van der Waals surface area contributed by atoms with Gasteiger partial charge in [0.15, 0.2) is 0 Å². The largest absolute Gasteiger partial charge is 0.465 e. The summed E-state index contributed by atoms with van der Waals surface area (Å²) in [5, 5.41) is 8.77. The van der Waals surface area contributed by atoms with Crippen LogP contribution in [0.3, 0.4) is 0 Å². The number of H-pyrrole nitrogens is 4. The van der Waals surface area contributed by atoms with E-state index >= 15 is 0 Å². The number of rotatable bonds is 7. The summed E-state index contributed by atoms with van der Waals surface area (Å²) < 4.78 is 13.5. The van der Waals surface area contributed by atoms with Crippen LogP contribution in [-0.2, 0) is 35.2 Å². The van der Waals surface area contributed by atoms with Crippen molar-refractivity contribution in [1.82, 2.24) is 34.4 Å². The molecule has 6 aromatic carbocycles. The van der Waals surface area contributed by atoms with Gasteiger partial charge in [0, 0.05) is 95.7 Å². The number of amides is 3. The van der Waals surface area contributed by atoms with E-state index in [9.17, 15) is 24.0 Å². The van der Waals surface area contributed by atoms with E-state index in [2.05, 4.69) is 61.7 Å². The van der Waals surface area contributed by atoms with Crippen molar-refractivity contribution in [2.45, 2.75) is 33.7 Å². The number of aromatic amines is 4. The summed E-state index contributed by atoms with van der Waals surface area (Å²) in [5.41, 5.74) is 12.8. The SMILES string of the molecule is C.C1CCOC1.CCOC(=O)Cn1ccc2ccccc21.NC(=O)C(=O)c1c[nH]c2ccccc12.O=C1NC(=O)C(n2ccc3ccccc32)=C1c1c[nH]c2ccccc12.[2HH].c1ccc2[nH]ccc2c1.c1ccc2[nH]ccc2c1. The number of fused-ring (bicyclic) bond motifs is 6. The van der Waals surface area contributed by atoms with Crippen LogP contribution in [0.25, 0.3) is 76.7 Å². The van der Waals surface area contributed by atoms with E-state index in [1.165, 1.54) is 40.8 Å². The van der Waals surface area contributed by atoms with Crippen LogP contribution in [0.2, 0.25) is 0 Å². The zero-order valence-corrected chi connectivity index (χ0v) is 42.2. The van der Waals surface area contributed by atoms with E-state index in [4.69, 9.17) is 15.2 Å². The van der Waals surface area contributed by atoms with E-state index in [0.29, 0.717) is 23.4 Å². The van der Waals surface area contributed by atoms with E-state index in [1.54, 1.807) is 22.9 Å². The van der Waals surface area contributed by atoms with Crippen molar-refractivity contribution in [3.8, 4) is 0 Å². The van der Waals surface area contributed by atoms with Gasteiger partial charge in [-0.25, -0.2) is 0 Å².